The molecule has 0 radical (unpaired) electrons. The van der Waals surface area contributed by atoms with Gasteiger partial charge in [-0.05, 0) is 0 Å². The van der Waals surface area contributed by atoms with Crippen molar-refractivity contribution in [2.24, 2.45) is 0 Å². The maximum absolute atomic E-state index is 5.31. The second-order valence-corrected chi connectivity index (χ2v) is 5.01. The standard InChI is InChI=1S/C6H14AsNO2/c1-2-3-4-8-7-9-5-6-10-7/h8H,2-6H2,1H3. The Balaban J connectivity index is 1.91. The van der Waals surface area contributed by atoms with Crippen molar-refractivity contribution in [2.75, 3.05) is 19.8 Å². The SMILES string of the molecule is CCCCN[As]1OCCO1. The number of unbranched alkanes of at least 4 members (excludes halogenated alkanes) is 1. The molecule has 0 atom stereocenters. The fourth-order valence-electron chi connectivity index (χ4n) is 0.716. The predicted molar refractivity (Wildman–Crippen MR) is 40.6 cm³/mol. The van der Waals surface area contributed by atoms with Crippen LogP contribution >= 0.6 is 0 Å². The molecule has 0 amide bonds. The second kappa shape index (κ2) is 5.14. The predicted octanol–water partition coefficient (Wildman–Crippen LogP) is 0.408. The molecule has 10 heavy (non-hydrogen) atoms. The number of nitrogens with one attached hydrogen (secondary N) is 1. The molecule has 3 nitrogen and oxygen atoms in total. The quantitative estimate of drug-likeness (QED) is 0.535. The molecule has 1 aliphatic heterocycles. The van der Waals surface area contributed by atoms with E-state index in [-0.39, 0.29) is 0 Å². The number of hydrogen-bond donors (Lipinski definition) is 1. The van der Waals surface area contributed by atoms with Crippen LogP contribution in [0.4, 0.5) is 0 Å². The average Bonchev–Trinajstić information content (AvgIpc) is 2.41. The first-order valence-electron chi connectivity index (χ1n) is 3.73. The van der Waals surface area contributed by atoms with E-state index >= 15 is 0 Å². The van der Waals surface area contributed by atoms with E-state index in [1.807, 2.05) is 0 Å². The third kappa shape index (κ3) is 3.02. The molecule has 0 unspecified atom stereocenters. The minimum atomic E-state index is -1.42. The third-order valence-corrected chi connectivity index (χ3v) is 4.03. The van der Waals surface area contributed by atoms with Gasteiger partial charge in [-0.25, -0.2) is 0 Å². The van der Waals surface area contributed by atoms with Crippen molar-refractivity contribution in [1.82, 2.24) is 4.23 Å². The van der Waals surface area contributed by atoms with Crippen LogP contribution in [0.2, 0.25) is 0 Å². The van der Waals surface area contributed by atoms with Gasteiger partial charge in [0.2, 0.25) is 0 Å². The van der Waals surface area contributed by atoms with Crippen molar-refractivity contribution in [2.45, 2.75) is 19.8 Å². The number of rotatable bonds is 4. The molecule has 0 saturated carbocycles. The van der Waals surface area contributed by atoms with Gasteiger partial charge in [-0.2, -0.15) is 0 Å². The van der Waals surface area contributed by atoms with Gasteiger partial charge in [-0.15, -0.1) is 0 Å². The van der Waals surface area contributed by atoms with Crippen molar-refractivity contribution < 1.29 is 7.45 Å². The molecule has 0 aliphatic carbocycles. The first-order valence-corrected chi connectivity index (χ1v) is 6.20. The Hall–Kier alpha value is 0.438. The molecule has 0 aromatic carbocycles. The van der Waals surface area contributed by atoms with Crippen molar-refractivity contribution >= 4 is 15.6 Å². The molecule has 1 N–H and O–H groups in total. The topological polar surface area (TPSA) is 30.5 Å². The van der Waals surface area contributed by atoms with Crippen LogP contribution in [-0.4, -0.2) is 35.3 Å². The Labute approximate surface area is 67.3 Å². The van der Waals surface area contributed by atoms with Crippen LogP contribution in [0.5, 0.6) is 0 Å². The molecule has 0 aromatic rings. The Morgan fingerprint density at radius 2 is 2.10 bits per heavy atom. The van der Waals surface area contributed by atoms with Crippen LogP contribution < -0.4 is 4.23 Å². The zero-order chi connectivity index (χ0) is 7.23. The molecule has 60 valence electrons. The van der Waals surface area contributed by atoms with Crippen LogP contribution in [0.25, 0.3) is 0 Å². The first-order chi connectivity index (χ1) is 4.93. The molecule has 1 fully saturated rings. The molecule has 0 spiro atoms. The van der Waals surface area contributed by atoms with Gasteiger partial charge in [0.25, 0.3) is 0 Å². The van der Waals surface area contributed by atoms with Crippen molar-refractivity contribution in [3.05, 3.63) is 0 Å². The molecule has 0 aromatic heterocycles. The third-order valence-electron chi connectivity index (χ3n) is 1.27. The van der Waals surface area contributed by atoms with Gasteiger partial charge in [-0.1, -0.05) is 0 Å². The van der Waals surface area contributed by atoms with E-state index in [0.29, 0.717) is 0 Å². The summed E-state index contributed by atoms with van der Waals surface area (Å²) in [4.78, 5) is 0. The molecule has 0 bridgehead atoms. The fraction of sp³-hybridized carbons (Fsp3) is 1.00. The number of hydrogen-bond acceptors (Lipinski definition) is 3. The van der Waals surface area contributed by atoms with Gasteiger partial charge in [0.1, 0.15) is 0 Å². The van der Waals surface area contributed by atoms with Gasteiger partial charge in [0.05, 0.1) is 0 Å². The van der Waals surface area contributed by atoms with Crippen molar-refractivity contribution in [3.63, 3.8) is 0 Å². The summed E-state index contributed by atoms with van der Waals surface area (Å²) in [6.07, 6.45) is 2.45. The van der Waals surface area contributed by atoms with Crippen LogP contribution in [-0.2, 0) is 7.45 Å². The van der Waals surface area contributed by atoms with E-state index in [0.717, 1.165) is 19.8 Å². The zero-order valence-corrected chi connectivity index (χ0v) is 8.18. The van der Waals surface area contributed by atoms with Crippen LogP contribution in [0, 0.1) is 0 Å². The second-order valence-electron chi connectivity index (χ2n) is 2.19. The molecule has 4 heteroatoms. The van der Waals surface area contributed by atoms with E-state index in [9.17, 15) is 0 Å². The Morgan fingerprint density at radius 1 is 1.40 bits per heavy atom. The molecule has 1 aliphatic rings. The van der Waals surface area contributed by atoms with E-state index in [4.69, 9.17) is 7.45 Å². The van der Waals surface area contributed by atoms with Crippen LogP contribution in [0.1, 0.15) is 19.8 Å². The van der Waals surface area contributed by atoms with Gasteiger partial charge in [-0.3, -0.25) is 0 Å². The summed E-state index contributed by atoms with van der Waals surface area (Å²) in [7, 11) is 0. The van der Waals surface area contributed by atoms with Crippen molar-refractivity contribution in [1.29, 1.82) is 0 Å². The molecular weight excluding hydrogens is 193 g/mol. The average molecular weight is 207 g/mol. The summed E-state index contributed by atoms with van der Waals surface area (Å²) in [5.74, 6) is 0. The summed E-state index contributed by atoms with van der Waals surface area (Å²) >= 11 is -1.42. The summed E-state index contributed by atoms with van der Waals surface area (Å²) in [6.45, 7) is 4.81. The summed E-state index contributed by atoms with van der Waals surface area (Å²) in [5.41, 5.74) is 0. The van der Waals surface area contributed by atoms with Crippen LogP contribution in [0.15, 0.2) is 0 Å². The van der Waals surface area contributed by atoms with E-state index in [1.54, 1.807) is 0 Å². The zero-order valence-electron chi connectivity index (χ0n) is 6.30. The van der Waals surface area contributed by atoms with Crippen molar-refractivity contribution in [3.8, 4) is 0 Å². The van der Waals surface area contributed by atoms with E-state index in [2.05, 4.69) is 11.2 Å². The Bertz CT molecular complexity index is 85.8. The van der Waals surface area contributed by atoms with E-state index in [1.165, 1.54) is 12.8 Å². The monoisotopic (exact) mass is 207 g/mol. The van der Waals surface area contributed by atoms with Gasteiger partial charge in [0.15, 0.2) is 0 Å². The van der Waals surface area contributed by atoms with Gasteiger partial charge in [0, 0.05) is 0 Å². The summed E-state index contributed by atoms with van der Waals surface area (Å²) < 4.78 is 13.9. The fourth-order valence-corrected chi connectivity index (χ4v) is 2.98. The molecule has 1 rings (SSSR count). The van der Waals surface area contributed by atoms with Crippen LogP contribution in [0.3, 0.4) is 0 Å². The first kappa shape index (κ1) is 8.53. The van der Waals surface area contributed by atoms with Gasteiger partial charge >= 0.3 is 66.8 Å². The van der Waals surface area contributed by atoms with E-state index < -0.39 is 15.6 Å². The Kier molecular flexibility index (Phi) is 4.38. The van der Waals surface area contributed by atoms with Gasteiger partial charge < -0.3 is 0 Å². The molecular formula is C6H14AsNO2. The summed E-state index contributed by atoms with van der Waals surface area (Å²) in [6, 6.07) is 0. The maximum atomic E-state index is 5.31. The normalized spacial score (nSPS) is 20.1. The minimum absolute atomic E-state index is 0.791. The Morgan fingerprint density at radius 3 is 2.70 bits per heavy atom. The molecule has 1 saturated heterocycles. The molecule has 1 heterocycles. The summed E-state index contributed by atoms with van der Waals surface area (Å²) in [5, 5.41) is 0.